The molecule has 3 aromatic rings. The van der Waals surface area contributed by atoms with Gasteiger partial charge in [0.15, 0.2) is 0 Å². The molecule has 2 atom stereocenters. The Bertz CT molecular complexity index is 1020. The van der Waals surface area contributed by atoms with Gasteiger partial charge in [-0.15, -0.1) is 0 Å². The summed E-state index contributed by atoms with van der Waals surface area (Å²) in [5, 5.41) is 3.66. The number of amides is 2. The predicted molar refractivity (Wildman–Crippen MR) is 139 cm³/mol. The lowest BCUT2D eigenvalue weighted by Crippen LogP contribution is -2.49. The number of benzene rings is 3. The minimum Gasteiger partial charge on any atom is -0.352 e. The van der Waals surface area contributed by atoms with Gasteiger partial charge in [-0.2, -0.15) is 0 Å². The van der Waals surface area contributed by atoms with Gasteiger partial charge >= 0.3 is 0 Å². The molecule has 0 saturated carbocycles. The Morgan fingerprint density at radius 3 is 1.88 bits per heavy atom. The van der Waals surface area contributed by atoms with Gasteiger partial charge in [0, 0.05) is 29.9 Å². The molecule has 0 aliphatic carbocycles. The van der Waals surface area contributed by atoms with Crippen molar-refractivity contribution in [2.24, 2.45) is 0 Å². The van der Waals surface area contributed by atoms with Crippen molar-refractivity contribution in [3.8, 4) is 0 Å². The molecule has 3 rings (SSSR count). The first-order valence-corrected chi connectivity index (χ1v) is 12.2. The van der Waals surface area contributed by atoms with Gasteiger partial charge in [-0.3, -0.25) is 9.59 Å². The zero-order valence-corrected chi connectivity index (χ0v) is 20.8. The van der Waals surface area contributed by atoms with Gasteiger partial charge in [0.25, 0.3) is 0 Å². The number of hydrogen-bond donors (Lipinski definition) is 1. The van der Waals surface area contributed by atoms with Crippen molar-refractivity contribution in [3.63, 3.8) is 0 Å². The normalized spacial score (nSPS) is 12.7. The van der Waals surface area contributed by atoms with Crippen molar-refractivity contribution in [2.45, 2.75) is 58.2 Å². The molecule has 34 heavy (non-hydrogen) atoms. The van der Waals surface area contributed by atoms with E-state index in [-0.39, 0.29) is 30.2 Å². The van der Waals surface area contributed by atoms with Gasteiger partial charge in [-0.1, -0.05) is 91.3 Å². The Morgan fingerprint density at radius 2 is 1.38 bits per heavy atom. The second-order valence-corrected chi connectivity index (χ2v) is 9.16. The quantitative estimate of drug-likeness (QED) is 0.379. The fourth-order valence-electron chi connectivity index (χ4n) is 3.93. The van der Waals surface area contributed by atoms with E-state index in [1.807, 2.05) is 86.6 Å². The molecule has 0 aliphatic heterocycles. The first-order chi connectivity index (χ1) is 16.4. The lowest BCUT2D eigenvalue weighted by atomic mass is 9.88. The zero-order chi connectivity index (χ0) is 24.5. The van der Waals surface area contributed by atoms with E-state index in [0.29, 0.717) is 11.6 Å². The molecule has 5 heteroatoms. The van der Waals surface area contributed by atoms with E-state index in [4.69, 9.17) is 11.6 Å². The Labute approximate surface area is 207 Å². The average molecular weight is 477 g/mol. The highest BCUT2D eigenvalue weighted by molar-refractivity contribution is 6.30. The van der Waals surface area contributed by atoms with E-state index < -0.39 is 6.04 Å². The van der Waals surface area contributed by atoms with E-state index in [0.717, 1.165) is 23.1 Å². The van der Waals surface area contributed by atoms with E-state index in [1.54, 1.807) is 24.0 Å². The van der Waals surface area contributed by atoms with Crippen LogP contribution in [0.1, 0.15) is 56.2 Å². The van der Waals surface area contributed by atoms with Crippen LogP contribution in [0.3, 0.4) is 0 Å². The summed E-state index contributed by atoms with van der Waals surface area (Å²) in [6.45, 7) is 6.13. The highest BCUT2D eigenvalue weighted by atomic mass is 35.5. The number of carbonyl (C=O) groups excluding carboxylic acids is 2. The van der Waals surface area contributed by atoms with Crippen LogP contribution in [0, 0.1) is 0 Å². The number of halogens is 1. The summed E-state index contributed by atoms with van der Waals surface area (Å²) in [7, 11) is 0. The number of nitrogens with zero attached hydrogens (tertiary/aromatic N) is 1. The summed E-state index contributed by atoms with van der Waals surface area (Å²) in [4.78, 5) is 28.5. The Hall–Kier alpha value is -3.11. The molecule has 0 saturated heterocycles. The largest absolute Gasteiger partial charge is 0.352 e. The van der Waals surface area contributed by atoms with Gasteiger partial charge in [-0.05, 0) is 49.1 Å². The van der Waals surface area contributed by atoms with Crippen molar-refractivity contribution in [3.05, 3.63) is 107 Å². The molecule has 0 heterocycles. The van der Waals surface area contributed by atoms with E-state index in [9.17, 15) is 9.59 Å². The monoisotopic (exact) mass is 476 g/mol. The van der Waals surface area contributed by atoms with Crippen molar-refractivity contribution in [1.82, 2.24) is 10.2 Å². The number of carbonyl (C=O) groups is 2. The molecule has 4 nitrogen and oxygen atoms in total. The number of rotatable bonds is 10. The third-order valence-corrected chi connectivity index (χ3v) is 6.47. The predicted octanol–water partition coefficient (Wildman–Crippen LogP) is 6.19. The van der Waals surface area contributed by atoms with Crippen LogP contribution < -0.4 is 5.32 Å². The summed E-state index contributed by atoms with van der Waals surface area (Å²) in [6, 6.07) is 26.9. The second-order valence-electron chi connectivity index (χ2n) is 8.72. The highest BCUT2D eigenvalue weighted by Crippen LogP contribution is 2.29. The third-order valence-electron chi connectivity index (χ3n) is 6.22. The molecular formula is C29H33ClN2O2. The molecular weight excluding hydrogens is 444 g/mol. The van der Waals surface area contributed by atoms with E-state index >= 15 is 0 Å². The van der Waals surface area contributed by atoms with Crippen LogP contribution in [0.2, 0.25) is 5.02 Å². The maximum absolute atomic E-state index is 13.8. The van der Waals surface area contributed by atoms with Crippen molar-refractivity contribution in [2.75, 3.05) is 0 Å². The second kappa shape index (κ2) is 12.4. The van der Waals surface area contributed by atoms with Crippen LogP contribution in [-0.4, -0.2) is 28.8 Å². The lowest BCUT2D eigenvalue weighted by molar-refractivity contribution is -0.141. The summed E-state index contributed by atoms with van der Waals surface area (Å²) < 4.78 is 0. The number of nitrogens with one attached hydrogen (secondary N) is 1. The highest BCUT2D eigenvalue weighted by Gasteiger charge is 2.29. The maximum Gasteiger partial charge on any atom is 0.242 e. The maximum atomic E-state index is 13.8. The standard InChI is InChI=1S/C29H33ClN2O2/c1-4-21(2)31-29(34)22(3)32(20-23-15-17-26(30)18-16-23)28(33)19-27(24-11-7-5-8-12-24)25-13-9-6-10-14-25/h5-18,21-22,27H,4,19-20H2,1-3H3,(H,31,34)/t21-,22-/m0/s1. The average Bonchev–Trinajstić information content (AvgIpc) is 2.87. The molecule has 0 aromatic heterocycles. The minimum atomic E-state index is -0.607. The van der Waals surface area contributed by atoms with Crippen LogP contribution in [0.25, 0.3) is 0 Å². The smallest absolute Gasteiger partial charge is 0.242 e. The SMILES string of the molecule is CC[C@H](C)NC(=O)[C@H](C)N(Cc1ccc(Cl)cc1)C(=O)CC(c1ccccc1)c1ccccc1. The molecule has 0 radical (unpaired) electrons. The molecule has 2 amide bonds. The lowest BCUT2D eigenvalue weighted by Gasteiger charge is -2.31. The van der Waals surface area contributed by atoms with Gasteiger partial charge in [-0.25, -0.2) is 0 Å². The molecule has 0 bridgehead atoms. The van der Waals surface area contributed by atoms with Gasteiger partial charge in [0.2, 0.25) is 11.8 Å². The van der Waals surface area contributed by atoms with Crippen molar-refractivity contribution in [1.29, 1.82) is 0 Å². The first-order valence-electron chi connectivity index (χ1n) is 11.8. The molecule has 0 fully saturated rings. The molecule has 0 unspecified atom stereocenters. The Balaban J connectivity index is 1.90. The summed E-state index contributed by atoms with van der Waals surface area (Å²) in [5.74, 6) is -0.320. The van der Waals surface area contributed by atoms with E-state index in [1.165, 1.54) is 0 Å². The summed E-state index contributed by atoms with van der Waals surface area (Å²) in [5.41, 5.74) is 3.08. The first kappa shape index (κ1) is 25.5. The molecule has 1 N–H and O–H groups in total. The van der Waals surface area contributed by atoms with E-state index in [2.05, 4.69) is 5.32 Å². The van der Waals surface area contributed by atoms with Crippen molar-refractivity contribution >= 4 is 23.4 Å². The molecule has 0 aliphatic rings. The van der Waals surface area contributed by atoms with Gasteiger partial charge in [0.05, 0.1) is 0 Å². The fourth-order valence-corrected chi connectivity index (χ4v) is 4.05. The third kappa shape index (κ3) is 6.94. The van der Waals surface area contributed by atoms with Crippen molar-refractivity contribution < 1.29 is 9.59 Å². The van der Waals surface area contributed by atoms with Crippen LogP contribution >= 0.6 is 11.6 Å². The fraction of sp³-hybridized carbons (Fsp3) is 0.310. The minimum absolute atomic E-state index is 0.0452. The molecule has 0 spiro atoms. The topological polar surface area (TPSA) is 49.4 Å². The Kier molecular flexibility index (Phi) is 9.29. The summed E-state index contributed by atoms with van der Waals surface area (Å²) in [6.07, 6.45) is 1.09. The molecule has 3 aromatic carbocycles. The Morgan fingerprint density at radius 1 is 0.853 bits per heavy atom. The number of hydrogen-bond acceptors (Lipinski definition) is 2. The molecule has 178 valence electrons. The van der Waals surface area contributed by atoms with Crippen LogP contribution in [0.5, 0.6) is 0 Å². The van der Waals surface area contributed by atoms with Gasteiger partial charge in [0.1, 0.15) is 6.04 Å². The van der Waals surface area contributed by atoms with Gasteiger partial charge < -0.3 is 10.2 Å². The van der Waals surface area contributed by atoms with Crippen LogP contribution in [0.15, 0.2) is 84.9 Å². The van der Waals surface area contributed by atoms with Crippen LogP contribution in [0.4, 0.5) is 0 Å². The zero-order valence-electron chi connectivity index (χ0n) is 20.1. The summed E-state index contributed by atoms with van der Waals surface area (Å²) >= 11 is 6.06. The van der Waals surface area contributed by atoms with Crippen LogP contribution in [-0.2, 0) is 16.1 Å².